The average molecular weight is 216 g/mol. The van der Waals surface area contributed by atoms with Gasteiger partial charge in [0.15, 0.2) is 0 Å². The highest BCUT2D eigenvalue weighted by Gasteiger charge is 2.36. The maximum absolute atomic E-state index is 3.57. The Hall–Kier alpha value is -1.02. The Bertz CT molecular complexity index is 353. The van der Waals surface area contributed by atoms with Crippen molar-refractivity contribution in [1.82, 2.24) is 5.32 Å². The maximum Gasteiger partial charge on any atom is 0.0367 e. The second kappa shape index (κ2) is 3.77. The zero-order chi connectivity index (χ0) is 11.1. The van der Waals surface area contributed by atoms with E-state index >= 15 is 0 Å². The Balaban J connectivity index is 1.74. The molecule has 1 aromatic carbocycles. The van der Waals surface area contributed by atoms with Crippen LogP contribution in [-0.4, -0.2) is 25.2 Å². The summed E-state index contributed by atoms with van der Waals surface area (Å²) in [6.07, 6.45) is 1.38. The second-order valence-corrected chi connectivity index (χ2v) is 5.45. The Morgan fingerprint density at radius 2 is 1.69 bits per heavy atom. The minimum absolute atomic E-state index is 0.630. The van der Waals surface area contributed by atoms with Crippen molar-refractivity contribution in [1.29, 1.82) is 0 Å². The van der Waals surface area contributed by atoms with E-state index in [9.17, 15) is 0 Å². The normalized spacial score (nSPS) is 28.1. The summed E-state index contributed by atoms with van der Waals surface area (Å²) in [6, 6.07) is 10.6. The summed E-state index contributed by atoms with van der Waals surface area (Å²) in [5, 5.41) is 3.57. The topological polar surface area (TPSA) is 15.3 Å². The number of anilines is 1. The van der Waals surface area contributed by atoms with Crippen LogP contribution in [0.1, 0.15) is 31.7 Å². The molecule has 2 atom stereocenters. The quantitative estimate of drug-likeness (QED) is 0.816. The average Bonchev–Trinajstić information content (AvgIpc) is 2.28. The lowest BCUT2D eigenvalue weighted by Crippen LogP contribution is -2.67. The molecule has 2 bridgehead atoms. The Labute approximate surface area is 97.6 Å². The zero-order valence-electron chi connectivity index (χ0n) is 10.1. The van der Waals surface area contributed by atoms with Crippen molar-refractivity contribution < 1.29 is 0 Å². The number of piperidine rings is 1. The molecule has 0 radical (unpaired) electrons. The molecule has 0 amide bonds. The minimum Gasteiger partial charge on any atom is -0.368 e. The number of piperazine rings is 1. The third kappa shape index (κ3) is 1.71. The van der Waals surface area contributed by atoms with Gasteiger partial charge >= 0.3 is 0 Å². The first-order valence-corrected chi connectivity index (χ1v) is 6.33. The summed E-state index contributed by atoms with van der Waals surface area (Å²) in [5.41, 5.74) is 2.82. The van der Waals surface area contributed by atoms with Crippen LogP contribution in [0, 0.1) is 0 Å². The molecule has 86 valence electrons. The van der Waals surface area contributed by atoms with Gasteiger partial charge in [-0.15, -0.1) is 0 Å². The molecule has 0 aliphatic carbocycles. The van der Waals surface area contributed by atoms with E-state index < -0.39 is 0 Å². The van der Waals surface area contributed by atoms with Crippen LogP contribution < -0.4 is 10.2 Å². The van der Waals surface area contributed by atoms with Crippen LogP contribution in [-0.2, 0) is 0 Å². The molecule has 16 heavy (non-hydrogen) atoms. The molecule has 0 aromatic heterocycles. The molecule has 2 heteroatoms. The molecule has 2 nitrogen and oxygen atoms in total. The number of nitrogens with one attached hydrogen (secondary N) is 1. The standard InChI is InChI=1S/C14H20N2/c1-10(2)11-3-5-14(6-4-11)16-8-12-7-13(9-16)15-12/h3-6,10,12-13,15H,7-9H2,1-2H3. The first kappa shape index (κ1) is 10.2. The van der Waals surface area contributed by atoms with Crippen molar-refractivity contribution in [3.05, 3.63) is 29.8 Å². The fraction of sp³-hybridized carbons (Fsp3) is 0.571. The predicted molar refractivity (Wildman–Crippen MR) is 68.1 cm³/mol. The second-order valence-electron chi connectivity index (χ2n) is 5.45. The number of rotatable bonds is 2. The molecule has 3 saturated heterocycles. The van der Waals surface area contributed by atoms with Crippen molar-refractivity contribution in [2.45, 2.75) is 38.3 Å². The zero-order valence-corrected chi connectivity index (χ0v) is 10.1. The van der Waals surface area contributed by atoms with Crippen LogP contribution >= 0.6 is 0 Å². The van der Waals surface area contributed by atoms with E-state index in [0.717, 1.165) is 12.1 Å². The summed E-state index contributed by atoms with van der Waals surface area (Å²) in [5.74, 6) is 0.630. The monoisotopic (exact) mass is 216 g/mol. The number of nitrogens with zero attached hydrogens (tertiary/aromatic N) is 1. The smallest absolute Gasteiger partial charge is 0.0367 e. The van der Waals surface area contributed by atoms with Crippen LogP contribution in [0.25, 0.3) is 0 Å². The van der Waals surface area contributed by atoms with Crippen molar-refractivity contribution in [3.63, 3.8) is 0 Å². The van der Waals surface area contributed by atoms with Gasteiger partial charge in [0, 0.05) is 30.9 Å². The summed E-state index contributed by atoms with van der Waals surface area (Å²) in [7, 11) is 0. The van der Waals surface area contributed by atoms with E-state index in [2.05, 4.69) is 48.3 Å². The minimum atomic E-state index is 0.630. The number of benzene rings is 1. The highest BCUT2D eigenvalue weighted by Crippen LogP contribution is 2.27. The van der Waals surface area contributed by atoms with E-state index in [1.807, 2.05) is 0 Å². The molecular formula is C14H20N2. The molecular weight excluding hydrogens is 196 g/mol. The van der Waals surface area contributed by atoms with Gasteiger partial charge in [-0.1, -0.05) is 26.0 Å². The maximum atomic E-state index is 3.57. The van der Waals surface area contributed by atoms with Gasteiger partial charge in [-0.3, -0.25) is 0 Å². The van der Waals surface area contributed by atoms with Crippen molar-refractivity contribution in [3.8, 4) is 0 Å². The molecule has 0 spiro atoms. The van der Waals surface area contributed by atoms with Gasteiger partial charge in [-0.25, -0.2) is 0 Å². The molecule has 2 unspecified atom stereocenters. The molecule has 3 fully saturated rings. The molecule has 3 aliphatic heterocycles. The Morgan fingerprint density at radius 1 is 1.12 bits per heavy atom. The van der Waals surface area contributed by atoms with Crippen molar-refractivity contribution in [2.24, 2.45) is 0 Å². The SMILES string of the molecule is CC(C)c1ccc(N2CC3CC(C2)N3)cc1. The van der Waals surface area contributed by atoms with E-state index in [4.69, 9.17) is 0 Å². The van der Waals surface area contributed by atoms with E-state index in [-0.39, 0.29) is 0 Å². The highest BCUT2D eigenvalue weighted by molar-refractivity contribution is 5.49. The number of hydrogen-bond donors (Lipinski definition) is 1. The number of hydrogen-bond acceptors (Lipinski definition) is 2. The lowest BCUT2D eigenvalue weighted by atomic mass is 9.91. The lowest BCUT2D eigenvalue weighted by Gasteiger charge is -2.49. The van der Waals surface area contributed by atoms with Gasteiger partial charge in [0.25, 0.3) is 0 Å². The third-order valence-electron chi connectivity index (χ3n) is 3.85. The molecule has 3 heterocycles. The summed E-state index contributed by atoms with van der Waals surface area (Å²) in [6.45, 7) is 6.85. The number of fused-ring (bicyclic) bond motifs is 2. The summed E-state index contributed by atoms with van der Waals surface area (Å²) < 4.78 is 0. The molecule has 4 rings (SSSR count). The summed E-state index contributed by atoms with van der Waals surface area (Å²) >= 11 is 0. The lowest BCUT2D eigenvalue weighted by molar-refractivity contribution is 0.226. The third-order valence-corrected chi connectivity index (χ3v) is 3.85. The van der Waals surface area contributed by atoms with E-state index in [1.54, 1.807) is 0 Å². The Kier molecular flexibility index (Phi) is 2.40. The van der Waals surface area contributed by atoms with Crippen molar-refractivity contribution >= 4 is 5.69 Å². The molecule has 1 N–H and O–H groups in total. The highest BCUT2D eigenvalue weighted by atomic mass is 15.3. The fourth-order valence-electron chi connectivity index (χ4n) is 2.79. The fourth-order valence-corrected chi connectivity index (χ4v) is 2.79. The van der Waals surface area contributed by atoms with Crippen LogP contribution in [0.5, 0.6) is 0 Å². The van der Waals surface area contributed by atoms with Gasteiger partial charge in [-0.2, -0.15) is 0 Å². The van der Waals surface area contributed by atoms with Gasteiger partial charge in [0.1, 0.15) is 0 Å². The largest absolute Gasteiger partial charge is 0.368 e. The van der Waals surface area contributed by atoms with Gasteiger partial charge < -0.3 is 10.2 Å². The Morgan fingerprint density at radius 3 is 2.19 bits per heavy atom. The van der Waals surface area contributed by atoms with Crippen LogP contribution in [0.3, 0.4) is 0 Å². The van der Waals surface area contributed by atoms with Gasteiger partial charge in [0.05, 0.1) is 0 Å². The van der Waals surface area contributed by atoms with Gasteiger partial charge in [-0.05, 0) is 30.0 Å². The predicted octanol–water partition coefficient (Wildman–Crippen LogP) is 2.36. The van der Waals surface area contributed by atoms with Crippen LogP contribution in [0.4, 0.5) is 5.69 Å². The van der Waals surface area contributed by atoms with Crippen LogP contribution in [0.15, 0.2) is 24.3 Å². The van der Waals surface area contributed by atoms with E-state index in [1.165, 1.54) is 30.8 Å². The summed E-state index contributed by atoms with van der Waals surface area (Å²) in [4.78, 5) is 2.51. The molecule has 0 saturated carbocycles. The van der Waals surface area contributed by atoms with Crippen LogP contribution in [0.2, 0.25) is 0 Å². The molecule has 3 aliphatic rings. The van der Waals surface area contributed by atoms with Crippen molar-refractivity contribution in [2.75, 3.05) is 18.0 Å². The first-order chi connectivity index (χ1) is 7.72. The first-order valence-electron chi connectivity index (χ1n) is 6.33. The van der Waals surface area contributed by atoms with Gasteiger partial charge in [0.2, 0.25) is 0 Å². The molecule has 1 aromatic rings. The van der Waals surface area contributed by atoms with E-state index in [0.29, 0.717) is 5.92 Å².